The average Bonchev–Trinajstić information content (AvgIpc) is 3.38. The molecule has 1 heterocycles. The molecule has 1 N–H and O–H groups in total. The van der Waals surface area contributed by atoms with E-state index >= 15 is 0 Å². The van der Waals surface area contributed by atoms with Gasteiger partial charge in [0.2, 0.25) is 5.91 Å². The van der Waals surface area contributed by atoms with Gasteiger partial charge in [-0.3, -0.25) is 14.5 Å². The number of hydrogen-bond acceptors (Lipinski definition) is 7. The van der Waals surface area contributed by atoms with E-state index in [1.165, 1.54) is 11.3 Å². The van der Waals surface area contributed by atoms with Gasteiger partial charge in [0.25, 0.3) is 0 Å². The number of rotatable bonds is 8. The fraction of sp³-hybridized carbons (Fsp3) is 0.444. The molecule has 0 unspecified atom stereocenters. The van der Waals surface area contributed by atoms with Crippen LogP contribution in [0.25, 0.3) is 10.2 Å². The molecule has 7 nitrogen and oxygen atoms in total. The Morgan fingerprint density at radius 3 is 2.46 bits per heavy atom. The number of nitrogens with zero attached hydrogens (tertiary/aromatic N) is 2. The summed E-state index contributed by atoms with van der Waals surface area (Å²) in [6.07, 6.45) is 1.54. The Kier molecular flexibility index (Phi) is 7.15. The van der Waals surface area contributed by atoms with Gasteiger partial charge in [-0.1, -0.05) is 35.6 Å². The largest absolute Gasteiger partial charge is 0.493 e. The number of thiazole rings is 1. The van der Waals surface area contributed by atoms with E-state index in [2.05, 4.69) is 4.98 Å². The number of anilines is 1. The summed E-state index contributed by atoms with van der Waals surface area (Å²) in [5.41, 5.74) is 1.41. The molecular weight excluding hydrogens is 464 g/mol. The van der Waals surface area contributed by atoms with Crippen molar-refractivity contribution in [2.75, 3.05) is 25.2 Å². The van der Waals surface area contributed by atoms with Gasteiger partial charge < -0.3 is 14.6 Å². The van der Waals surface area contributed by atoms with Crippen molar-refractivity contribution < 1.29 is 24.2 Å². The predicted octanol–water partition coefficient (Wildman–Crippen LogP) is 4.54. The summed E-state index contributed by atoms with van der Waals surface area (Å²) in [5, 5.41) is 9.52. The van der Waals surface area contributed by atoms with Crippen molar-refractivity contribution in [1.82, 2.24) is 4.98 Å². The number of hydrogen-bond donors (Lipinski definition) is 1. The topological polar surface area (TPSA) is 89.0 Å². The molecule has 1 amide bonds. The summed E-state index contributed by atoms with van der Waals surface area (Å²) in [6, 6.07) is 13.6. The summed E-state index contributed by atoms with van der Waals surface area (Å²) in [5.74, 6) is 0.182. The lowest BCUT2D eigenvalue weighted by Crippen LogP contribution is -2.45. The predicted molar refractivity (Wildman–Crippen MR) is 137 cm³/mol. The van der Waals surface area contributed by atoms with Crippen LogP contribution in [-0.2, 0) is 27.2 Å². The third-order valence-electron chi connectivity index (χ3n) is 6.04. The van der Waals surface area contributed by atoms with Crippen LogP contribution in [0.1, 0.15) is 44.7 Å². The van der Waals surface area contributed by atoms with Crippen LogP contribution in [0.15, 0.2) is 42.5 Å². The molecule has 1 aromatic heterocycles. The monoisotopic (exact) mass is 496 g/mol. The highest BCUT2D eigenvalue weighted by Gasteiger charge is 2.48. The highest BCUT2D eigenvalue weighted by atomic mass is 32.1. The molecule has 0 bridgehead atoms. The van der Waals surface area contributed by atoms with Gasteiger partial charge in [0.15, 0.2) is 5.13 Å². The van der Waals surface area contributed by atoms with Crippen molar-refractivity contribution in [3.05, 3.63) is 53.6 Å². The summed E-state index contributed by atoms with van der Waals surface area (Å²) in [7, 11) is 1.72. The number of amides is 1. The third-order valence-corrected chi connectivity index (χ3v) is 7.14. The van der Waals surface area contributed by atoms with Crippen LogP contribution in [-0.4, -0.2) is 47.8 Å². The minimum atomic E-state index is -0.919. The van der Waals surface area contributed by atoms with Crippen LogP contribution in [0.2, 0.25) is 0 Å². The average molecular weight is 497 g/mol. The number of carbonyl (C=O) groups excluding carboxylic acids is 2. The lowest BCUT2D eigenvalue weighted by molar-refractivity contribution is -0.159. The van der Waals surface area contributed by atoms with E-state index in [1.807, 2.05) is 63.2 Å². The van der Waals surface area contributed by atoms with Gasteiger partial charge in [0.05, 0.1) is 28.7 Å². The number of aliphatic hydroxyl groups is 1. The quantitative estimate of drug-likeness (QED) is 0.364. The van der Waals surface area contributed by atoms with Crippen LogP contribution < -0.4 is 9.64 Å². The summed E-state index contributed by atoms with van der Waals surface area (Å²) in [4.78, 5) is 33.1. The number of aromatic nitrogens is 1. The molecule has 0 spiro atoms. The molecule has 0 saturated heterocycles. The molecule has 0 saturated carbocycles. The van der Waals surface area contributed by atoms with E-state index in [0.29, 0.717) is 36.8 Å². The zero-order valence-corrected chi connectivity index (χ0v) is 21.5. The second-order valence-electron chi connectivity index (χ2n) is 10.1. The SMILES string of the molecule is CN(C(=O)C1(CC(=O)OC(C)(C)C)Cc2ccccc2C1)c1nc2ccc(OCCCO)cc2s1. The number of aliphatic hydroxyl groups excluding tert-OH is 1. The molecular formula is C27H32N2O5S. The van der Waals surface area contributed by atoms with Crippen LogP contribution in [0.5, 0.6) is 5.75 Å². The van der Waals surface area contributed by atoms with E-state index in [-0.39, 0.29) is 24.9 Å². The first-order valence-electron chi connectivity index (χ1n) is 11.8. The molecule has 0 fully saturated rings. The first-order valence-corrected chi connectivity index (χ1v) is 12.6. The van der Waals surface area contributed by atoms with Crippen molar-refractivity contribution in [2.24, 2.45) is 5.41 Å². The summed E-state index contributed by atoms with van der Waals surface area (Å²) < 4.78 is 12.2. The Morgan fingerprint density at radius 1 is 1.14 bits per heavy atom. The molecule has 186 valence electrons. The second-order valence-corrected chi connectivity index (χ2v) is 11.1. The lowest BCUT2D eigenvalue weighted by atomic mass is 9.80. The third kappa shape index (κ3) is 5.65. The molecule has 4 rings (SSSR count). The van der Waals surface area contributed by atoms with Gasteiger partial charge in [-0.15, -0.1) is 0 Å². The summed E-state index contributed by atoms with van der Waals surface area (Å²) in [6.45, 7) is 6.00. The Morgan fingerprint density at radius 2 is 1.83 bits per heavy atom. The highest BCUT2D eigenvalue weighted by Crippen LogP contribution is 2.43. The van der Waals surface area contributed by atoms with Gasteiger partial charge in [0, 0.05) is 20.1 Å². The molecule has 3 aromatic rings. The smallest absolute Gasteiger partial charge is 0.307 e. The minimum Gasteiger partial charge on any atom is -0.493 e. The first-order chi connectivity index (χ1) is 16.6. The Bertz CT molecular complexity index is 1200. The second kappa shape index (κ2) is 9.95. The standard InChI is InChI=1S/C27H32N2O5S/c1-26(2,3)34-23(31)17-27(15-18-8-5-6-9-19(18)16-27)24(32)29(4)25-28-21-11-10-20(14-22(21)35-25)33-13-7-12-30/h5-6,8-11,14,30H,7,12-13,15-17H2,1-4H3. The zero-order valence-electron chi connectivity index (χ0n) is 20.7. The molecule has 1 aliphatic carbocycles. The Hall–Kier alpha value is -2.97. The van der Waals surface area contributed by atoms with Gasteiger partial charge in [-0.25, -0.2) is 4.98 Å². The number of ether oxygens (including phenoxy) is 2. The minimum absolute atomic E-state index is 0.00979. The van der Waals surface area contributed by atoms with Crippen molar-refractivity contribution >= 4 is 38.6 Å². The Labute approximate surface area is 209 Å². The van der Waals surface area contributed by atoms with Crippen LogP contribution in [0.4, 0.5) is 5.13 Å². The van der Waals surface area contributed by atoms with Gasteiger partial charge in [-0.2, -0.15) is 0 Å². The van der Waals surface area contributed by atoms with Gasteiger partial charge >= 0.3 is 5.97 Å². The van der Waals surface area contributed by atoms with Gasteiger partial charge in [0.1, 0.15) is 11.4 Å². The van der Waals surface area contributed by atoms with Crippen LogP contribution in [0.3, 0.4) is 0 Å². The molecule has 0 aliphatic heterocycles. The Balaban J connectivity index is 1.60. The van der Waals surface area contributed by atoms with Crippen molar-refractivity contribution in [2.45, 2.75) is 52.1 Å². The van der Waals surface area contributed by atoms with E-state index in [1.54, 1.807) is 11.9 Å². The molecule has 0 atom stereocenters. The number of carbonyl (C=O) groups is 2. The molecule has 2 aromatic carbocycles. The van der Waals surface area contributed by atoms with Gasteiger partial charge in [-0.05, 0) is 62.9 Å². The molecule has 8 heteroatoms. The molecule has 0 radical (unpaired) electrons. The van der Waals surface area contributed by atoms with E-state index < -0.39 is 11.0 Å². The first kappa shape index (κ1) is 25.1. The maximum atomic E-state index is 14.0. The van der Waals surface area contributed by atoms with Crippen molar-refractivity contribution in [3.63, 3.8) is 0 Å². The lowest BCUT2D eigenvalue weighted by Gasteiger charge is -2.31. The fourth-order valence-electron chi connectivity index (χ4n) is 4.52. The maximum absolute atomic E-state index is 14.0. The van der Waals surface area contributed by atoms with Crippen molar-refractivity contribution in [3.8, 4) is 5.75 Å². The molecule has 35 heavy (non-hydrogen) atoms. The van der Waals surface area contributed by atoms with E-state index in [4.69, 9.17) is 14.6 Å². The van der Waals surface area contributed by atoms with E-state index in [0.717, 1.165) is 21.3 Å². The number of benzene rings is 2. The molecule has 1 aliphatic rings. The number of esters is 1. The fourth-order valence-corrected chi connectivity index (χ4v) is 5.48. The van der Waals surface area contributed by atoms with Crippen LogP contribution >= 0.6 is 11.3 Å². The normalized spacial score (nSPS) is 14.5. The zero-order chi connectivity index (χ0) is 25.2. The number of fused-ring (bicyclic) bond motifs is 2. The highest BCUT2D eigenvalue weighted by molar-refractivity contribution is 7.22. The van der Waals surface area contributed by atoms with E-state index in [9.17, 15) is 9.59 Å². The maximum Gasteiger partial charge on any atom is 0.307 e. The van der Waals surface area contributed by atoms with Crippen molar-refractivity contribution in [1.29, 1.82) is 0 Å². The van der Waals surface area contributed by atoms with Crippen LogP contribution in [0, 0.1) is 5.41 Å². The summed E-state index contributed by atoms with van der Waals surface area (Å²) >= 11 is 1.41.